The van der Waals surface area contributed by atoms with Gasteiger partial charge in [0.15, 0.2) is 0 Å². The van der Waals surface area contributed by atoms with E-state index >= 15 is 0 Å². The van der Waals surface area contributed by atoms with Gasteiger partial charge in [-0.25, -0.2) is 0 Å². The van der Waals surface area contributed by atoms with Gasteiger partial charge in [-0.05, 0) is 84.9 Å². The summed E-state index contributed by atoms with van der Waals surface area (Å²) in [7, 11) is 0. The highest BCUT2D eigenvalue weighted by atomic mass is 16.5. The number of esters is 1. The molecule has 3 saturated carbocycles. The SMILES string of the molecule is CC(=O)OC1CCC2(C)C(=CC=C3C2CCC2(C)C3CCC2[C@H](C)/C=C/[C@H](C)C(C)C)C1. The maximum Gasteiger partial charge on any atom is 0.302 e. The molecule has 0 aromatic rings. The first kappa shape index (κ1) is 23.8. The molecule has 178 valence electrons. The van der Waals surface area contributed by atoms with Crippen LogP contribution in [0.1, 0.15) is 93.4 Å². The summed E-state index contributed by atoms with van der Waals surface area (Å²) in [6.07, 6.45) is 18.5. The molecule has 0 radical (unpaired) electrons. The number of ether oxygens (including phenoxy) is 1. The molecule has 0 heterocycles. The molecule has 0 bridgehead atoms. The van der Waals surface area contributed by atoms with Crippen molar-refractivity contribution in [3.8, 4) is 0 Å². The van der Waals surface area contributed by atoms with Gasteiger partial charge >= 0.3 is 5.97 Å². The molecular weight excluding hydrogens is 392 g/mol. The van der Waals surface area contributed by atoms with Crippen molar-refractivity contribution in [1.82, 2.24) is 0 Å². The van der Waals surface area contributed by atoms with E-state index in [9.17, 15) is 4.79 Å². The van der Waals surface area contributed by atoms with Gasteiger partial charge in [0.2, 0.25) is 0 Å². The van der Waals surface area contributed by atoms with Crippen molar-refractivity contribution >= 4 is 5.97 Å². The van der Waals surface area contributed by atoms with Crippen molar-refractivity contribution in [2.75, 3.05) is 0 Å². The van der Waals surface area contributed by atoms with Gasteiger partial charge in [0, 0.05) is 13.3 Å². The lowest BCUT2D eigenvalue weighted by molar-refractivity contribution is -0.148. The number of hydrogen-bond donors (Lipinski definition) is 0. The molecule has 8 atom stereocenters. The molecule has 3 fully saturated rings. The van der Waals surface area contributed by atoms with Gasteiger partial charge in [-0.3, -0.25) is 4.79 Å². The third kappa shape index (κ3) is 4.05. The van der Waals surface area contributed by atoms with Gasteiger partial charge in [-0.1, -0.05) is 77.0 Å². The van der Waals surface area contributed by atoms with Gasteiger partial charge in [0.25, 0.3) is 0 Å². The van der Waals surface area contributed by atoms with Crippen LogP contribution in [0.4, 0.5) is 0 Å². The standard InChI is InChI=1S/C30H46O2/c1-19(2)20(3)8-9-21(4)26-12-13-27-25-11-10-23-18-24(32-22(5)31)14-16-29(23,6)28(25)15-17-30(26,27)7/h8-11,19-21,24,26-28H,12-18H2,1-7H3/b9-8+/t20-,21+,24?,26?,27?,28?,29?,30?/m0/s1. The Morgan fingerprint density at radius 2 is 1.75 bits per heavy atom. The highest BCUT2D eigenvalue weighted by Gasteiger charge is 2.56. The van der Waals surface area contributed by atoms with Crippen LogP contribution in [0.25, 0.3) is 0 Å². The zero-order valence-corrected chi connectivity index (χ0v) is 21.6. The van der Waals surface area contributed by atoms with Crippen molar-refractivity contribution in [1.29, 1.82) is 0 Å². The molecule has 0 aromatic heterocycles. The quantitative estimate of drug-likeness (QED) is 0.322. The Bertz CT molecular complexity index is 817. The molecule has 0 amide bonds. The fourth-order valence-electron chi connectivity index (χ4n) is 7.92. The first-order valence-corrected chi connectivity index (χ1v) is 13.3. The van der Waals surface area contributed by atoms with Gasteiger partial charge in [-0.15, -0.1) is 0 Å². The van der Waals surface area contributed by atoms with Crippen LogP contribution in [-0.2, 0) is 9.53 Å². The van der Waals surface area contributed by atoms with E-state index in [0.29, 0.717) is 29.1 Å². The van der Waals surface area contributed by atoms with Crippen LogP contribution < -0.4 is 0 Å². The zero-order valence-electron chi connectivity index (χ0n) is 21.6. The number of rotatable bonds is 5. The second-order valence-corrected chi connectivity index (χ2v) is 12.4. The van der Waals surface area contributed by atoms with Gasteiger partial charge in [0.1, 0.15) is 6.10 Å². The Hall–Kier alpha value is -1.31. The highest BCUT2D eigenvalue weighted by Crippen LogP contribution is 2.66. The molecule has 4 aliphatic carbocycles. The molecule has 0 aromatic carbocycles. The van der Waals surface area contributed by atoms with E-state index in [4.69, 9.17) is 4.74 Å². The van der Waals surface area contributed by atoms with Crippen molar-refractivity contribution in [2.45, 2.75) is 99.5 Å². The monoisotopic (exact) mass is 438 g/mol. The van der Waals surface area contributed by atoms with E-state index in [0.717, 1.165) is 31.1 Å². The lowest BCUT2D eigenvalue weighted by atomic mass is 9.50. The van der Waals surface area contributed by atoms with Crippen LogP contribution in [0.2, 0.25) is 0 Å². The van der Waals surface area contributed by atoms with E-state index in [1.165, 1.54) is 31.3 Å². The van der Waals surface area contributed by atoms with Crippen molar-refractivity contribution in [3.63, 3.8) is 0 Å². The number of fused-ring (bicyclic) bond motifs is 5. The predicted molar refractivity (Wildman–Crippen MR) is 133 cm³/mol. The average molecular weight is 439 g/mol. The molecule has 4 rings (SSSR count). The minimum atomic E-state index is -0.136. The summed E-state index contributed by atoms with van der Waals surface area (Å²) in [5, 5.41) is 0. The first-order chi connectivity index (χ1) is 15.1. The number of carbonyl (C=O) groups is 1. The highest BCUT2D eigenvalue weighted by molar-refractivity contribution is 5.66. The lowest BCUT2D eigenvalue weighted by Crippen LogP contribution is -2.46. The Balaban J connectivity index is 1.54. The summed E-state index contributed by atoms with van der Waals surface area (Å²) >= 11 is 0. The lowest BCUT2D eigenvalue weighted by Gasteiger charge is -2.55. The zero-order chi connectivity index (χ0) is 23.3. The largest absolute Gasteiger partial charge is 0.462 e. The first-order valence-electron chi connectivity index (χ1n) is 13.3. The van der Waals surface area contributed by atoms with Crippen LogP contribution in [-0.4, -0.2) is 12.1 Å². The van der Waals surface area contributed by atoms with Gasteiger partial charge in [-0.2, -0.15) is 0 Å². The van der Waals surface area contributed by atoms with Crippen LogP contribution in [0.15, 0.2) is 35.5 Å². The molecule has 32 heavy (non-hydrogen) atoms. The molecule has 6 unspecified atom stereocenters. The number of allylic oxidation sites excluding steroid dienone is 5. The van der Waals surface area contributed by atoms with E-state index in [1.807, 2.05) is 0 Å². The summed E-state index contributed by atoms with van der Waals surface area (Å²) < 4.78 is 5.59. The number of carbonyl (C=O) groups excluding carboxylic acids is 1. The maximum absolute atomic E-state index is 11.5. The third-order valence-electron chi connectivity index (χ3n) is 10.3. The van der Waals surface area contributed by atoms with Gasteiger partial charge in [0.05, 0.1) is 0 Å². The van der Waals surface area contributed by atoms with Crippen molar-refractivity contribution in [2.24, 2.45) is 46.3 Å². The van der Waals surface area contributed by atoms with Crippen LogP contribution in [0.5, 0.6) is 0 Å². The summed E-state index contributed by atoms with van der Waals surface area (Å²) in [5.41, 5.74) is 3.98. The Morgan fingerprint density at radius 3 is 2.44 bits per heavy atom. The van der Waals surface area contributed by atoms with E-state index in [1.54, 1.807) is 12.5 Å². The van der Waals surface area contributed by atoms with Crippen LogP contribution in [0.3, 0.4) is 0 Å². The Labute approximate surface area is 197 Å². The Morgan fingerprint density at radius 1 is 1.00 bits per heavy atom. The minimum Gasteiger partial charge on any atom is -0.462 e. The second-order valence-electron chi connectivity index (χ2n) is 12.4. The topological polar surface area (TPSA) is 26.3 Å². The van der Waals surface area contributed by atoms with Crippen molar-refractivity contribution in [3.05, 3.63) is 35.5 Å². The fraction of sp³-hybridized carbons (Fsp3) is 0.767. The number of hydrogen-bond acceptors (Lipinski definition) is 2. The molecule has 2 nitrogen and oxygen atoms in total. The van der Waals surface area contributed by atoms with Crippen molar-refractivity contribution < 1.29 is 9.53 Å². The fourth-order valence-corrected chi connectivity index (χ4v) is 7.92. The summed E-state index contributed by atoms with van der Waals surface area (Å²) in [6, 6.07) is 0. The Kier molecular flexibility index (Phi) is 6.56. The summed E-state index contributed by atoms with van der Waals surface area (Å²) in [5.74, 6) is 4.11. The van der Waals surface area contributed by atoms with Crippen LogP contribution >= 0.6 is 0 Å². The van der Waals surface area contributed by atoms with E-state index in [2.05, 4.69) is 65.8 Å². The van der Waals surface area contributed by atoms with Gasteiger partial charge < -0.3 is 4.74 Å². The molecule has 2 heteroatoms. The normalized spacial score (nSPS) is 40.8. The smallest absolute Gasteiger partial charge is 0.302 e. The van der Waals surface area contributed by atoms with E-state index < -0.39 is 0 Å². The molecule has 0 spiro atoms. The predicted octanol–water partition coefficient (Wildman–Crippen LogP) is 7.90. The molecule has 0 N–H and O–H groups in total. The second kappa shape index (κ2) is 8.80. The minimum absolute atomic E-state index is 0.0763. The van der Waals surface area contributed by atoms with Crippen LogP contribution in [0, 0.1) is 46.3 Å². The molecular formula is C30H46O2. The maximum atomic E-state index is 11.5. The third-order valence-corrected chi connectivity index (χ3v) is 10.3. The van der Waals surface area contributed by atoms with E-state index in [-0.39, 0.29) is 17.5 Å². The molecule has 0 saturated heterocycles. The summed E-state index contributed by atoms with van der Waals surface area (Å²) in [4.78, 5) is 11.5. The molecule has 0 aliphatic heterocycles. The molecule has 4 aliphatic rings. The summed E-state index contributed by atoms with van der Waals surface area (Å²) in [6.45, 7) is 16.1. The average Bonchev–Trinajstić information content (AvgIpc) is 3.08.